The molecule has 106 valence electrons. The van der Waals surface area contributed by atoms with Gasteiger partial charge in [0.15, 0.2) is 0 Å². The molecule has 0 saturated carbocycles. The third-order valence-electron chi connectivity index (χ3n) is 2.24. The molecule has 1 aromatic carbocycles. The van der Waals surface area contributed by atoms with Crippen molar-refractivity contribution in [2.24, 2.45) is 0 Å². The molecule has 1 N–H and O–H groups in total. The first-order valence-electron chi connectivity index (χ1n) is 6.12. The molecule has 0 atom stereocenters. The number of allylic oxidation sites excluding steroid dienone is 3. The zero-order valence-corrected chi connectivity index (χ0v) is 12.6. The van der Waals surface area contributed by atoms with E-state index in [0.29, 0.717) is 5.69 Å². The van der Waals surface area contributed by atoms with Gasteiger partial charge in [0.2, 0.25) is 5.91 Å². The highest BCUT2D eigenvalue weighted by Gasteiger charge is 2.06. The molecule has 0 aromatic heterocycles. The summed E-state index contributed by atoms with van der Waals surface area (Å²) in [7, 11) is 3.42. The number of nitrogens with one attached hydrogen (secondary N) is 1. The number of rotatable bonds is 4. The average molecular weight is 290 g/mol. The molecule has 0 heterocycles. The second-order valence-electron chi connectivity index (χ2n) is 4.16. The van der Waals surface area contributed by atoms with Crippen LogP contribution in [-0.2, 0) is 4.79 Å². The van der Waals surface area contributed by atoms with Crippen molar-refractivity contribution >= 4 is 28.6 Å². The van der Waals surface area contributed by atoms with Crippen molar-refractivity contribution in [2.45, 2.75) is 11.8 Å². The first kappa shape index (κ1) is 16.0. The lowest BCUT2D eigenvalue weighted by molar-refractivity contribution is -0.111. The summed E-state index contributed by atoms with van der Waals surface area (Å²) in [5.74, 6) is -0.187. The summed E-state index contributed by atoms with van der Waals surface area (Å²) in [6, 6.07) is 7.15. The lowest BCUT2D eigenvalue weighted by Crippen LogP contribution is -2.16. The summed E-state index contributed by atoms with van der Waals surface area (Å²) in [5.41, 5.74) is 0.696. The van der Waals surface area contributed by atoms with Crippen molar-refractivity contribution in [1.29, 1.82) is 0 Å². The van der Waals surface area contributed by atoms with E-state index in [1.807, 2.05) is 13.0 Å². The van der Waals surface area contributed by atoms with Gasteiger partial charge in [0.1, 0.15) is 0 Å². The van der Waals surface area contributed by atoms with E-state index in [2.05, 4.69) is 5.32 Å². The molecule has 0 bridgehead atoms. The van der Waals surface area contributed by atoms with Crippen molar-refractivity contribution in [3.8, 4) is 0 Å². The number of thioether (sulfide) groups is 1. The Hall–Kier alpha value is -2.01. The topological polar surface area (TPSA) is 49.4 Å². The average Bonchev–Trinajstić information content (AvgIpc) is 2.41. The number of nitrogens with zero attached hydrogens (tertiary/aromatic N) is 1. The van der Waals surface area contributed by atoms with Gasteiger partial charge in [-0.25, -0.2) is 0 Å². The number of hydrogen-bond donors (Lipinski definition) is 1. The summed E-state index contributed by atoms with van der Waals surface area (Å²) in [6.45, 7) is 1.88. The Bertz CT molecular complexity index is 519. The molecule has 0 fully saturated rings. The first-order valence-corrected chi connectivity index (χ1v) is 6.94. The predicted octanol–water partition coefficient (Wildman–Crippen LogP) is 3.53. The largest absolute Gasteiger partial charge is 0.339 e. The second kappa shape index (κ2) is 8.22. The number of amides is 2. The van der Waals surface area contributed by atoms with Gasteiger partial charge in [-0.1, -0.05) is 18.2 Å². The van der Waals surface area contributed by atoms with E-state index in [1.54, 1.807) is 50.5 Å². The Balaban J connectivity index is 2.58. The molecule has 1 aromatic rings. The Kier molecular flexibility index (Phi) is 6.59. The number of hydrogen-bond acceptors (Lipinski definition) is 3. The van der Waals surface area contributed by atoms with Gasteiger partial charge in [0.25, 0.3) is 5.24 Å². The quantitative estimate of drug-likeness (QED) is 0.524. The molecule has 0 aliphatic heterocycles. The van der Waals surface area contributed by atoms with Gasteiger partial charge >= 0.3 is 0 Å². The zero-order chi connectivity index (χ0) is 15.0. The van der Waals surface area contributed by atoms with Crippen LogP contribution in [0.5, 0.6) is 0 Å². The van der Waals surface area contributed by atoms with Crippen molar-refractivity contribution in [3.63, 3.8) is 0 Å². The maximum atomic E-state index is 11.5. The number of carbonyl (C=O) groups excluding carboxylic acids is 2. The van der Waals surface area contributed by atoms with Crippen molar-refractivity contribution in [2.75, 3.05) is 19.4 Å². The molecule has 20 heavy (non-hydrogen) atoms. The minimum absolute atomic E-state index is 0.0314. The van der Waals surface area contributed by atoms with Crippen LogP contribution in [0.15, 0.2) is 53.5 Å². The minimum atomic E-state index is -0.187. The molecule has 0 saturated heterocycles. The molecular formula is C15H18N2O2S. The second-order valence-corrected chi connectivity index (χ2v) is 5.19. The molecule has 0 aliphatic rings. The van der Waals surface area contributed by atoms with Crippen LogP contribution in [0.2, 0.25) is 0 Å². The number of carbonyl (C=O) groups is 2. The molecule has 4 nitrogen and oxygen atoms in total. The number of benzene rings is 1. The van der Waals surface area contributed by atoms with Crippen LogP contribution in [0.3, 0.4) is 0 Å². The monoisotopic (exact) mass is 290 g/mol. The predicted molar refractivity (Wildman–Crippen MR) is 84.0 cm³/mol. The molecule has 0 radical (unpaired) electrons. The van der Waals surface area contributed by atoms with E-state index in [9.17, 15) is 9.59 Å². The first-order chi connectivity index (χ1) is 9.52. The van der Waals surface area contributed by atoms with Gasteiger partial charge < -0.3 is 10.2 Å². The van der Waals surface area contributed by atoms with Gasteiger partial charge in [-0.15, -0.1) is 0 Å². The normalized spacial score (nSPS) is 10.9. The van der Waals surface area contributed by atoms with Crippen LogP contribution in [0.1, 0.15) is 6.92 Å². The van der Waals surface area contributed by atoms with Crippen LogP contribution in [0.25, 0.3) is 0 Å². The lowest BCUT2D eigenvalue weighted by atomic mass is 10.3. The molecule has 0 spiro atoms. The zero-order valence-electron chi connectivity index (χ0n) is 11.8. The minimum Gasteiger partial charge on any atom is -0.339 e. The maximum absolute atomic E-state index is 11.5. The van der Waals surface area contributed by atoms with E-state index >= 15 is 0 Å². The molecular weight excluding hydrogens is 272 g/mol. The highest BCUT2D eigenvalue weighted by atomic mass is 32.2. The maximum Gasteiger partial charge on any atom is 0.285 e. The lowest BCUT2D eigenvalue weighted by Gasteiger charge is -2.09. The summed E-state index contributed by atoms with van der Waals surface area (Å²) >= 11 is 1.15. The molecule has 5 heteroatoms. The van der Waals surface area contributed by atoms with Crippen LogP contribution in [0, 0.1) is 0 Å². The fourth-order valence-corrected chi connectivity index (χ4v) is 1.89. The van der Waals surface area contributed by atoms with Crippen LogP contribution in [-0.4, -0.2) is 30.1 Å². The van der Waals surface area contributed by atoms with Gasteiger partial charge in [-0.2, -0.15) is 0 Å². The molecule has 0 unspecified atom stereocenters. The summed E-state index contributed by atoms with van der Waals surface area (Å²) in [4.78, 5) is 25.4. The third kappa shape index (κ3) is 5.75. The summed E-state index contributed by atoms with van der Waals surface area (Å²) < 4.78 is 0. The summed E-state index contributed by atoms with van der Waals surface area (Å²) in [5, 5.41) is 2.71. The number of anilines is 1. The highest BCUT2D eigenvalue weighted by Crippen LogP contribution is 2.22. The van der Waals surface area contributed by atoms with Crippen LogP contribution in [0.4, 0.5) is 10.5 Å². The molecule has 1 rings (SSSR count). The van der Waals surface area contributed by atoms with Gasteiger partial charge in [-0.05, 0) is 43.0 Å². The van der Waals surface area contributed by atoms with Crippen LogP contribution < -0.4 is 5.32 Å². The Morgan fingerprint density at radius 3 is 2.35 bits per heavy atom. The van der Waals surface area contributed by atoms with Crippen molar-refractivity contribution < 1.29 is 9.59 Å². The molecule has 0 aliphatic carbocycles. The standard InChI is InChI=1S/C15H18N2O2S/c1-4-5-6-7-14(18)16-12-8-10-13(11-9-12)20-15(19)17(2)3/h4-11H,1-3H3,(H,16,18). The van der Waals surface area contributed by atoms with Gasteiger partial charge in [0.05, 0.1) is 0 Å². The fraction of sp³-hybridized carbons (Fsp3) is 0.200. The Morgan fingerprint density at radius 1 is 1.15 bits per heavy atom. The molecule has 2 amide bonds. The Labute approximate surface area is 123 Å². The van der Waals surface area contributed by atoms with E-state index in [4.69, 9.17) is 0 Å². The van der Waals surface area contributed by atoms with Crippen LogP contribution >= 0.6 is 11.8 Å². The van der Waals surface area contributed by atoms with E-state index in [1.165, 1.54) is 11.0 Å². The summed E-state index contributed by atoms with van der Waals surface area (Å²) in [6.07, 6.45) is 6.76. The smallest absolute Gasteiger partial charge is 0.285 e. The highest BCUT2D eigenvalue weighted by molar-refractivity contribution is 8.13. The van der Waals surface area contributed by atoms with E-state index in [-0.39, 0.29) is 11.1 Å². The Morgan fingerprint density at radius 2 is 1.80 bits per heavy atom. The fourth-order valence-electron chi connectivity index (χ4n) is 1.24. The van der Waals surface area contributed by atoms with E-state index in [0.717, 1.165) is 16.7 Å². The SMILES string of the molecule is CC=CC=CC(=O)Nc1ccc(SC(=O)N(C)C)cc1. The van der Waals surface area contributed by atoms with Crippen molar-refractivity contribution in [1.82, 2.24) is 4.90 Å². The van der Waals surface area contributed by atoms with Gasteiger partial charge in [-0.3, -0.25) is 9.59 Å². The van der Waals surface area contributed by atoms with E-state index < -0.39 is 0 Å². The van der Waals surface area contributed by atoms with Gasteiger partial charge in [0, 0.05) is 30.8 Å². The third-order valence-corrected chi connectivity index (χ3v) is 3.29. The van der Waals surface area contributed by atoms with Crippen molar-refractivity contribution in [3.05, 3.63) is 48.6 Å².